The van der Waals surface area contributed by atoms with Gasteiger partial charge in [0.25, 0.3) is 0 Å². The van der Waals surface area contributed by atoms with Crippen LogP contribution in [0.1, 0.15) is 19.8 Å². The van der Waals surface area contributed by atoms with Crippen molar-refractivity contribution in [3.63, 3.8) is 0 Å². The topological polar surface area (TPSA) is 139 Å². The van der Waals surface area contributed by atoms with Crippen molar-refractivity contribution < 1.29 is 19.5 Å². The molecule has 1 aliphatic heterocycles. The quantitative estimate of drug-likeness (QED) is 0.670. The lowest BCUT2D eigenvalue weighted by Crippen LogP contribution is -2.52. The van der Waals surface area contributed by atoms with Crippen molar-refractivity contribution in [1.29, 1.82) is 5.26 Å². The van der Waals surface area contributed by atoms with Crippen LogP contribution in [0.4, 0.5) is 15.4 Å². The largest absolute Gasteiger partial charge is 0.465 e. The van der Waals surface area contributed by atoms with Crippen LogP contribution in [0, 0.1) is 17.2 Å². The van der Waals surface area contributed by atoms with E-state index in [9.17, 15) is 14.4 Å². The van der Waals surface area contributed by atoms with E-state index in [-0.39, 0.29) is 37.5 Å². The fourth-order valence-corrected chi connectivity index (χ4v) is 4.16. The molecule has 3 heterocycles. The molecule has 2 aromatic rings. The summed E-state index contributed by atoms with van der Waals surface area (Å²) < 4.78 is 1.42. The van der Waals surface area contributed by atoms with Crippen LogP contribution in [0.5, 0.6) is 0 Å². The molecular formula is C22H30N8O4. The lowest BCUT2D eigenvalue weighted by molar-refractivity contribution is -0.131. The van der Waals surface area contributed by atoms with Crippen molar-refractivity contribution >= 4 is 34.9 Å². The summed E-state index contributed by atoms with van der Waals surface area (Å²) in [6, 6.07) is 3.36. The molecule has 1 saturated heterocycles. The molecule has 0 aliphatic carbocycles. The number of anilines is 1. The molecule has 34 heavy (non-hydrogen) atoms. The molecule has 12 heteroatoms. The molecule has 0 unspecified atom stereocenters. The van der Waals surface area contributed by atoms with E-state index < -0.39 is 6.09 Å². The Morgan fingerprint density at radius 2 is 1.91 bits per heavy atom. The summed E-state index contributed by atoms with van der Waals surface area (Å²) in [7, 11) is 4.96. The minimum absolute atomic E-state index is 0.0113. The molecule has 0 spiro atoms. The number of carbonyl (C=O) groups is 3. The van der Waals surface area contributed by atoms with Gasteiger partial charge in [-0.1, -0.05) is 6.92 Å². The van der Waals surface area contributed by atoms with Crippen molar-refractivity contribution in [2.45, 2.75) is 25.8 Å². The fourth-order valence-electron chi connectivity index (χ4n) is 4.16. The van der Waals surface area contributed by atoms with Crippen LogP contribution >= 0.6 is 0 Å². The summed E-state index contributed by atoms with van der Waals surface area (Å²) in [5, 5.41) is 18.6. The number of rotatable bonds is 6. The van der Waals surface area contributed by atoms with E-state index in [1.54, 1.807) is 24.2 Å². The van der Waals surface area contributed by atoms with Crippen LogP contribution in [0.3, 0.4) is 0 Å². The van der Waals surface area contributed by atoms with Crippen LogP contribution < -0.4 is 4.90 Å². The fraction of sp³-hybridized carbons (Fsp3) is 0.545. The van der Waals surface area contributed by atoms with Crippen LogP contribution in [0.25, 0.3) is 11.0 Å². The number of carbonyl (C=O) groups excluding carboxylic acids is 2. The zero-order chi connectivity index (χ0) is 25.0. The molecule has 2 atom stereocenters. The van der Waals surface area contributed by atoms with Gasteiger partial charge in [-0.3, -0.25) is 9.36 Å². The average Bonchev–Trinajstić information content (AvgIpc) is 3.26. The van der Waals surface area contributed by atoms with E-state index in [1.807, 2.05) is 18.0 Å². The maximum absolute atomic E-state index is 13.0. The molecule has 1 fully saturated rings. The number of amides is 3. The molecule has 2 aromatic heterocycles. The summed E-state index contributed by atoms with van der Waals surface area (Å²) in [5.74, 6) is 0.771. The maximum Gasteiger partial charge on any atom is 0.407 e. The summed E-state index contributed by atoms with van der Waals surface area (Å²) in [4.78, 5) is 51.3. The Morgan fingerprint density at radius 3 is 2.59 bits per heavy atom. The van der Waals surface area contributed by atoms with Crippen molar-refractivity contribution in [2.75, 3.05) is 52.2 Å². The lowest BCUT2D eigenvalue weighted by atomic mass is 9.92. The molecule has 3 rings (SSSR count). The van der Waals surface area contributed by atoms with Gasteiger partial charge in [0, 0.05) is 53.5 Å². The zero-order valence-electron chi connectivity index (χ0n) is 19.9. The number of nitriles is 1. The van der Waals surface area contributed by atoms with Crippen LogP contribution in [-0.4, -0.2) is 106 Å². The third-order valence-corrected chi connectivity index (χ3v) is 6.42. The van der Waals surface area contributed by atoms with E-state index in [0.29, 0.717) is 35.9 Å². The molecule has 0 aromatic carbocycles. The van der Waals surface area contributed by atoms with Gasteiger partial charge < -0.3 is 24.7 Å². The first-order valence-corrected chi connectivity index (χ1v) is 11.0. The highest BCUT2D eigenvalue weighted by Gasteiger charge is 2.33. The standard InChI is InChI=1S/C22H30N8O4/c1-15-6-9-29(18(31)5-8-23)13-17(15)28(4)19-16-7-10-30(20(16)25-14-24-19)21(32)26(2)11-12-27(3)22(33)34/h7,10,14-15,17H,5-6,9,11-13H2,1-4H3,(H,33,34)/t15-,17+/m1/s1. The first-order valence-electron chi connectivity index (χ1n) is 11.0. The van der Waals surface area contributed by atoms with Crippen LogP contribution in [0.2, 0.25) is 0 Å². The van der Waals surface area contributed by atoms with E-state index >= 15 is 0 Å². The number of likely N-dealkylation sites (tertiary alicyclic amines) is 1. The van der Waals surface area contributed by atoms with Gasteiger partial charge in [0.15, 0.2) is 5.65 Å². The Bertz CT molecular complexity index is 1110. The van der Waals surface area contributed by atoms with Gasteiger partial charge in [-0.25, -0.2) is 19.6 Å². The summed E-state index contributed by atoms with van der Waals surface area (Å²) in [5.41, 5.74) is 0.446. The molecular weight excluding hydrogens is 440 g/mol. The summed E-state index contributed by atoms with van der Waals surface area (Å²) in [6.07, 6.45) is 2.65. The predicted molar refractivity (Wildman–Crippen MR) is 124 cm³/mol. The predicted octanol–water partition coefficient (Wildman–Crippen LogP) is 1.53. The number of nitrogens with zero attached hydrogens (tertiary/aromatic N) is 8. The number of hydrogen-bond donors (Lipinski definition) is 1. The molecule has 1 aliphatic rings. The second-order valence-corrected chi connectivity index (χ2v) is 8.65. The lowest BCUT2D eigenvalue weighted by Gasteiger charge is -2.42. The SMILES string of the molecule is C[C@@H]1CCN(C(=O)CC#N)C[C@@H]1N(C)c1ncnc2c1ccn2C(=O)N(C)CCN(C)C(=O)O. The highest BCUT2D eigenvalue weighted by Crippen LogP contribution is 2.29. The molecule has 182 valence electrons. The van der Waals surface area contributed by atoms with Gasteiger partial charge in [0.05, 0.1) is 17.5 Å². The Labute approximate surface area is 198 Å². The Morgan fingerprint density at radius 1 is 1.21 bits per heavy atom. The molecule has 0 radical (unpaired) electrons. The molecule has 1 N–H and O–H groups in total. The number of aromatic nitrogens is 3. The van der Waals surface area contributed by atoms with Gasteiger partial charge in [0.1, 0.15) is 18.6 Å². The second-order valence-electron chi connectivity index (χ2n) is 8.65. The highest BCUT2D eigenvalue weighted by molar-refractivity contribution is 5.94. The number of piperidine rings is 1. The minimum atomic E-state index is -1.06. The van der Waals surface area contributed by atoms with Crippen LogP contribution in [-0.2, 0) is 4.79 Å². The van der Waals surface area contributed by atoms with E-state index in [1.165, 1.54) is 22.8 Å². The first kappa shape index (κ1) is 24.8. The zero-order valence-corrected chi connectivity index (χ0v) is 19.9. The highest BCUT2D eigenvalue weighted by atomic mass is 16.4. The minimum Gasteiger partial charge on any atom is -0.465 e. The van der Waals surface area contributed by atoms with Crippen molar-refractivity contribution in [2.24, 2.45) is 5.92 Å². The van der Waals surface area contributed by atoms with Crippen LogP contribution in [0.15, 0.2) is 18.6 Å². The molecule has 12 nitrogen and oxygen atoms in total. The van der Waals surface area contributed by atoms with Gasteiger partial charge in [0.2, 0.25) is 5.91 Å². The maximum atomic E-state index is 13.0. The number of carboxylic acid groups (broad SMARTS) is 1. The first-order chi connectivity index (χ1) is 16.1. The molecule has 3 amide bonds. The van der Waals surface area contributed by atoms with E-state index in [4.69, 9.17) is 10.4 Å². The second kappa shape index (κ2) is 10.4. The summed E-state index contributed by atoms with van der Waals surface area (Å²) in [6.45, 7) is 3.65. The molecule has 0 saturated carbocycles. The van der Waals surface area contributed by atoms with E-state index in [2.05, 4.69) is 16.9 Å². The van der Waals surface area contributed by atoms with Gasteiger partial charge in [-0.05, 0) is 18.4 Å². The van der Waals surface area contributed by atoms with Crippen molar-refractivity contribution in [3.8, 4) is 6.07 Å². The Balaban J connectivity index is 1.82. The van der Waals surface area contributed by atoms with E-state index in [0.717, 1.165) is 11.3 Å². The van der Waals surface area contributed by atoms with Crippen molar-refractivity contribution in [1.82, 2.24) is 29.2 Å². The smallest absolute Gasteiger partial charge is 0.407 e. The normalized spacial score (nSPS) is 17.8. The molecule has 0 bridgehead atoms. The Hall–Kier alpha value is -3.88. The van der Waals surface area contributed by atoms with Crippen molar-refractivity contribution in [3.05, 3.63) is 18.6 Å². The third-order valence-electron chi connectivity index (χ3n) is 6.42. The third kappa shape index (κ3) is 5.03. The van der Waals surface area contributed by atoms with Gasteiger partial charge in [-0.15, -0.1) is 0 Å². The average molecular weight is 471 g/mol. The number of fused-ring (bicyclic) bond motifs is 1. The number of likely N-dealkylation sites (N-methyl/N-ethyl adjacent to an activating group) is 3. The van der Waals surface area contributed by atoms with Gasteiger partial charge >= 0.3 is 12.1 Å². The summed E-state index contributed by atoms with van der Waals surface area (Å²) >= 11 is 0. The van der Waals surface area contributed by atoms with Gasteiger partial charge in [-0.2, -0.15) is 5.26 Å². The Kier molecular flexibility index (Phi) is 7.55. The number of hydrogen-bond acceptors (Lipinski definition) is 7. The monoisotopic (exact) mass is 470 g/mol.